The van der Waals surface area contributed by atoms with Gasteiger partial charge in [0.15, 0.2) is 0 Å². The molecule has 0 radical (unpaired) electrons. The summed E-state index contributed by atoms with van der Waals surface area (Å²) in [6.45, 7) is 4.23. The van der Waals surface area contributed by atoms with Crippen LogP contribution in [0, 0.1) is 5.92 Å². The summed E-state index contributed by atoms with van der Waals surface area (Å²) in [6, 6.07) is 6.76. The van der Waals surface area contributed by atoms with Crippen LogP contribution in [0.15, 0.2) is 24.3 Å². The van der Waals surface area contributed by atoms with E-state index in [4.69, 9.17) is 10.8 Å². The normalized spacial score (nSPS) is 12.8. The Bertz CT molecular complexity index is 330. The van der Waals surface area contributed by atoms with E-state index >= 15 is 0 Å². The lowest BCUT2D eigenvalue weighted by Gasteiger charge is -2.14. The van der Waals surface area contributed by atoms with E-state index < -0.39 is 5.97 Å². The third kappa shape index (κ3) is 3.36. The lowest BCUT2D eigenvalue weighted by Crippen LogP contribution is -2.13. The largest absolute Gasteiger partial charge is 0.478 e. The molecule has 1 atom stereocenters. The Morgan fingerprint density at radius 2 is 1.87 bits per heavy atom. The third-order valence-electron chi connectivity index (χ3n) is 2.31. The maximum absolute atomic E-state index is 10.6. The quantitative estimate of drug-likeness (QED) is 0.797. The van der Waals surface area contributed by atoms with Crippen LogP contribution in [-0.4, -0.2) is 11.1 Å². The minimum Gasteiger partial charge on any atom is -0.478 e. The van der Waals surface area contributed by atoms with Gasteiger partial charge < -0.3 is 10.8 Å². The first-order chi connectivity index (χ1) is 7.00. The van der Waals surface area contributed by atoms with Gasteiger partial charge in [-0.1, -0.05) is 26.0 Å². The van der Waals surface area contributed by atoms with Crippen LogP contribution in [0.3, 0.4) is 0 Å². The van der Waals surface area contributed by atoms with Gasteiger partial charge in [0.05, 0.1) is 5.56 Å². The molecule has 0 fully saturated rings. The second kappa shape index (κ2) is 4.94. The Kier molecular flexibility index (Phi) is 3.86. The Morgan fingerprint density at radius 1 is 1.33 bits per heavy atom. The van der Waals surface area contributed by atoms with Crippen LogP contribution in [-0.2, 0) is 0 Å². The first-order valence-electron chi connectivity index (χ1n) is 5.09. The lowest BCUT2D eigenvalue weighted by atomic mass is 9.97. The van der Waals surface area contributed by atoms with Gasteiger partial charge in [0, 0.05) is 6.04 Å². The molecule has 1 rings (SSSR count). The molecule has 3 N–H and O–H groups in total. The molecule has 0 amide bonds. The number of nitrogens with two attached hydrogens (primary N) is 1. The first-order valence-corrected chi connectivity index (χ1v) is 5.09. The van der Waals surface area contributed by atoms with Crippen molar-refractivity contribution in [1.29, 1.82) is 0 Å². The fourth-order valence-corrected chi connectivity index (χ4v) is 1.52. The number of carboxylic acids is 1. The topological polar surface area (TPSA) is 63.3 Å². The summed E-state index contributed by atoms with van der Waals surface area (Å²) in [6.07, 6.45) is 0.909. The van der Waals surface area contributed by atoms with Gasteiger partial charge in [0.25, 0.3) is 0 Å². The standard InChI is InChI=1S/C12H17NO2/c1-8(2)7-11(13)9-3-5-10(6-4-9)12(14)15/h3-6,8,11H,7,13H2,1-2H3,(H,14,15)/t11-/m1/s1. The van der Waals surface area contributed by atoms with Gasteiger partial charge in [-0.3, -0.25) is 0 Å². The average molecular weight is 207 g/mol. The summed E-state index contributed by atoms with van der Waals surface area (Å²) in [5.41, 5.74) is 7.27. The van der Waals surface area contributed by atoms with Crippen LogP contribution in [0.1, 0.15) is 42.2 Å². The fourth-order valence-electron chi connectivity index (χ4n) is 1.52. The van der Waals surface area contributed by atoms with Crippen LogP contribution < -0.4 is 5.73 Å². The molecular weight excluding hydrogens is 190 g/mol. The van der Waals surface area contributed by atoms with Crippen LogP contribution >= 0.6 is 0 Å². The number of hydrogen-bond donors (Lipinski definition) is 2. The molecule has 3 heteroatoms. The summed E-state index contributed by atoms with van der Waals surface area (Å²) in [5, 5.41) is 8.73. The molecule has 0 aliphatic carbocycles. The second-order valence-corrected chi connectivity index (χ2v) is 4.16. The summed E-state index contributed by atoms with van der Waals surface area (Å²) >= 11 is 0. The van der Waals surface area contributed by atoms with Crippen LogP contribution in [0.5, 0.6) is 0 Å². The molecule has 0 aliphatic rings. The predicted octanol–water partition coefficient (Wildman–Crippen LogP) is 2.43. The van der Waals surface area contributed by atoms with Crippen molar-refractivity contribution in [3.05, 3.63) is 35.4 Å². The molecule has 0 spiro atoms. The van der Waals surface area contributed by atoms with Crippen molar-refractivity contribution < 1.29 is 9.90 Å². The van der Waals surface area contributed by atoms with Gasteiger partial charge in [-0.15, -0.1) is 0 Å². The molecule has 0 unspecified atom stereocenters. The van der Waals surface area contributed by atoms with E-state index in [9.17, 15) is 4.79 Å². The van der Waals surface area contributed by atoms with Crippen molar-refractivity contribution in [1.82, 2.24) is 0 Å². The summed E-state index contributed by atoms with van der Waals surface area (Å²) < 4.78 is 0. The van der Waals surface area contributed by atoms with Gasteiger partial charge in [0.2, 0.25) is 0 Å². The van der Waals surface area contributed by atoms with Gasteiger partial charge in [-0.25, -0.2) is 4.79 Å². The lowest BCUT2D eigenvalue weighted by molar-refractivity contribution is 0.0697. The zero-order valence-corrected chi connectivity index (χ0v) is 9.10. The first kappa shape index (κ1) is 11.7. The smallest absolute Gasteiger partial charge is 0.335 e. The summed E-state index contributed by atoms with van der Waals surface area (Å²) in [5.74, 6) is -0.363. The molecule has 15 heavy (non-hydrogen) atoms. The minimum absolute atomic E-state index is 0.00663. The Morgan fingerprint density at radius 3 is 2.27 bits per heavy atom. The van der Waals surface area contributed by atoms with E-state index in [1.54, 1.807) is 24.3 Å². The Balaban J connectivity index is 2.75. The summed E-state index contributed by atoms with van der Waals surface area (Å²) in [7, 11) is 0. The molecule has 1 aromatic carbocycles. The number of carboxylic acid groups (broad SMARTS) is 1. The number of aromatic carboxylic acids is 1. The van der Waals surface area contributed by atoms with Crippen molar-refractivity contribution >= 4 is 5.97 Å². The van der Waals surface area contributed by atoms with Crippen molar-refractivity contribution in [3.8, 4) is 0 Å². The molecule has 0 bridgehead atoms. The van der Waals surface area contributed by atoms with Crippen LogP contribution in [0.2, 0.25) is 0 Å². The zero-order valence-electron chi connectivity index (χ0n) is 9.10. The van der Waals surface area contributed by atoms with Gasteiger partial charge in [0.1, 0.15) is 0 Å². The van der Waals surface area contributed by atoms with Crippen LogP contribution in [0.4, 0.5) is 0 Å². The van der Waals surface area contributed by atoms with Crippen molar-refractivity contribution in [2.24, 2.45) is 11.7 Å². The fraction of sp³-hybridized carbons (Fsp3) is 0.417. The number of hydrogen-bond acceptors (Lipinski definition) is 2. The van der Waals surface area contributed by atoms with Gasteiger partial charge in [-0.05, 0) is 30.0 Å². The molecular formula is C12H17NO2. The van der Waals surface area contributed by atoms with E-state index in [0.717, 1.165) is 12.0 Å². The molecule has 82 valence electrons. The predicted molar refractivity (Wildman–Crippen MR) is 59.8 cm³/mol. The van der Waals surface area contributed by atoms with Gasteiger partial charge >= 0.3 is 5.97 Å². The van der Waals surface area contributed by atoms with E-state index in [1.165, 1.54) is 0 Å². The Labute approximate surface area is 89.9 Å². The maximum Gasteiger partial charge on any atom is 0.335 e. The molecule has 0 aromatic heterocycles. The SMILES string of the molecule is CC(C)C[C@@H](N)c1ccc(C(=O)O)cc1. The monoisotopic (exact) mass is 207 g/mol. The van der Waals surface area contributed by atoms with E-state index in [1.807, 2.05) is 0 Å². The number of benzene rings is 1. The highest BCUT2D eigenvalue weighted by Crippen LogP contribution is 2.18. The molecule has 0 heterocycles. The highest BCUT2D eigenvalue weighted by molar-refractivity contribution is 5.87. The third-order valence-corrected chi connectivity index (χ3v) is 2.31. The molecule has 0 aliphatic heterocycles. The average Bonchev–Trinajstić information content (AvgIpc) is 2.17. The molecule has 0 saturated carbocycles. The Hall–Kier alpha value is -1.35. The maximum atomic E-state index is 10.6. The number of carbonyl (C=O) groups is 1. The molecule has 0 saturated heterocycles. The van der Waals surface area contributed by atoms with Crippen molar-refractivity contribution in [3.63, 3.8) is 0 Å². The molecule has 1 aromatic rings. The van der Waals surface area contributed by atoms with Crippen molar-refractivity contribution in [2.45, 2.75) is 26.3 Å². The highest BCUT2D eigenvalue weighted by atomic mass is 16.4. The minimum atomic E-state index is -0.904. The second-order valence-electron chi connectivity index (χ2n) is 4.16. The summed E-state index contributed by atoms with van der Waals surface area (Å²) in [4.78, 5) is 10.6. The van der Waals surface area contributed by atoms with E-state index in [-0.39, 0.29) is 6.04 Å². The van der Waals surface area contributed by atoms with E-state index in [0.29, 0.717) is 11.5 Å². The number of rotatable bonds is 4. The van der Waals surface area contributed by atoms with Gasteiger partial charge in [-0.2, -0.15) is 0 Å². The molecule has 3 nitrogen and oxygen atoms in total. The van der Waals surface area contributed by atoms with E-state index in [2.05, 4.69) is 13.8 Å². The highest BCUT2D eigenvalue weighted by Gasteiger charge is 2.09. The van der Waals surface area contributed by atoms with Crippen LogP contribution in [0.25, 0.3) is 0 Å². The van der Waals surface area contributed by atoms with Crippen molar-refractivity contribution in [2.75, 3.05) is 0 Å². The zero-order chi connectivity index (χ0) is 11.4.